The number of nitrogens with two attached hydrogens (primary N) is 1. The number of nitrogen functional groups attached to an aromatic ring is 1. The number of carbonyl (C=O) groups excluding carboxylic acids is 1. The molecule has 2 N–H and O–H groups in total. The highest BCUT2D eigenvalue weighted by molar-refractivity contribution is 7.15. The minimum absolute atomic E-state index is 0.260. The zero-order valence-corrected chi connectivity index (χ0v) is 10.3. The number of esters is 1. The Morgan fingerprint density at radius 2 is 2.18 bits per heavy atom. The van der Waals surface area contributed by atoms with Gasteiger partial charge < -0.3 is 10.5 Å². The third kappa shape index (κ3) is 3.07. The Balaban J connectivity index is 2.15. The van der Waals surface area contributed by atoms with Crippen molar-refractivity contribution in [3.8, 4) is 10.4 Å². The smallest absolute Gasteiger partial charge is 0.302 e. The normalized spacial score (nSPS) is 10.2. The van der Waals surface area contributed by atoms with Crippen LogP contribution in [0.25, 0.3) is 10.4 Å². The Morgan fingerprint density at radius 1 is 1.35 bits per heavy atom. The van der Waals surface area contributed by atoms with Crippen molar-refractivity contribution in [2.24, 2.45) is 0 Å². The van der Waals surface area contributed by atoms with Crippen molar-refractivity contribution in [2.45, 2.75) is 13.5 Å². The number of hydrogen-bond acceptors (Lipinski definition) is 4. The minimum Gasteiger partial charge on any atom is -0.460 e. The second-order valence-electron chi connectivity index (χ2n) is 3.67. The predicted molar refractivity (Wildman–Crippen MR) is 69.6 cm³/mol. The van der Waals surface area contributed by atoms with Gasteiger partial charge in [0, 0.05) is 22.4 Å². The molecule has 1 heterocycles. The molecule has 0 amide bonds. The number of anilines is 1. The predicted octanol–water partition coefficient (Wildman–Crippen LogP) is 3.06. The van der Waals surface area contributed by atoms with Gasteiger partial charge in [-0.2, -0.15) is 0 Å². The van der Waals surface area contributed by atoms with Gasteiger partial charge in [0.2, 0.25) is 0 Å². The van der Waals surface area contributed by atoms with Crippen LogP contribution in [0, 0.1) is 0 Å². The summed E-state index contributed by atoms with van der Waals surface area (Å²) in [6, 6.07) is 11.7. The Bertz CT molecular complexity index is 534. The van der Waals surface area contributed by atoms with Gasteiger partial charge in [0.15, 0.2) is 0 Å². The monoisotopic (exact) mass is 247 g/mol. The third-order valence-electron chi connectivity index (χ3n) is 2.25. The SMILES string of the molecule is CC(=O)OCc1ccc(-c2cccc(N)c2)s1. The first-order valence-electron chi connectivity index (χ1n) is 5.23. The quantitative estimate of drug-likeness (QED) is 0.670. The molecule has 17 heavy (non-hydrogen) atoms. The molecule has 2 rings (SSSR count). The van der Waals surface area contributed by atoms with Crippen LogP contribution in [0.1, 0.15) is 11.8 Å². The van der Waals surface area contributed by atoms with Crippen LogP contribution in [0.3, 0.4) is 0 Å². The summed E-state index contributed by atoms with van der Waals surface area (Å²) in [5.41, 5.74) is 7.57. The summed E-state index contributed by atoms with van der Waals surface area (Å²) in [7, 11) is 0. The molecule has 0 saturated carbocycles. The van der Waals surface area contributed by atoms with Crippen LogP contribution in [0.15, 0.2) is 36.4 Å². The lowest BCUT2D eigenvalue weighted by atomic mass is 10.2. The van der Waals surface area contributed by atoms with Crippen LogP contribution in [-0.4, -0.2) is 5.97 Å². The molecule has 0 aliphatic heterocycles. The van der Waals surface area contributed by atoms with E-state index in [-0.39, 0.29) is 5.97 Å². The van der Waals surface area contributed by atoms with Gasteiger partial charge in [-0.05, 0) is 29.8 Å². The van der Waals surface area contributed by atoms with E-state index in [1.54, 1.807) is 11.3 Å². The molecule has 0 fully saturated rings. The van der Waals surface area contributed by atoms with Crippen molar-refractivity contribution in [2.75, 3.05) is 5.73 Å². The molecule has 0 unspecified atom stereocenters. The van der Waals surface area contributed by atoms with Gasteiger partial charge in [0.1, 0.15) is 6.61 Å². The van der Waals surface area contributed by atoms with Crippen molar-refractivity contribution < 1.29 is 9.53 Å². The first-order chi connectivity index (χ1) is 8.15. The number of carbonyl (C=O) groups is 1. The van der Waals surface area contributed by atoms with Crippen molar-refractivity contribution in [1.29, 1.82) is 0 Å². The van der Waals surface area contributed by atoms with E-state index in [1.165, 1.54) is 6.92 Å². The third-order valence-corrected chi connectivity index (χ3v) is 3.36. The molecular weight excluding hydrogens is 234 g/mol. The number of thiophene rings is 1. The van der Waals surface area contributed by atoms with Gasteiger partial charge in [-0.3, -0.25) is 4.79 Å². The topological polar surface area (TPSA) is 52.3 Å². The summed E-state index contributed by atoms with van der Waals surface area (Å²) in [6.07, 6.45) is 0. The maximum atomic E-state index is 10.7. The molecule has 4 heteroatoms. The molecule has 0 spiro atoms. The lowest BCUT2D eigenvalue weighted by molar-refractivity contribution is -0.142. The Labute approximate surface area is 104 Å². The molecule has 0 aliphatic rings. The molecule has 0 radical (unpaired) electrons. The molecule has 1 aromatic heterocycles. The summed E-state index contributed by atoms with van der Waals surface area (Å²) in [4.78, 5) is 12.9. The molecule has 88 valence electrons. The highest BCUT2D eigenvalue weighted by Crippen LogP contribution is 2.29. The van der Waals surface area contributed by atoms with Gasteiger partial charge in [-0.1, -0.05) is 12.1 Å². The van der Waals surface area contributed by atoms with Crippen molar-refractivity contribution in [1.82, 2.24) is 0 Å². The van der Waals surface area contributed by atoms with E-state index >= 15 is 0 Å². The van der Waals surface area contributed by atoms with Gasteiger partial charge in [0.25, 0.3) is 0 Å². The fraction of sp³-hybridized carbons (Fsp3) is 0.154. The maximum absolute atomic E-state index is 10.7. The minimum atomic E-state index is -0.260. The number of benzene rings is 1. The van der Waals surface area contributed by atoms with Crippen LogP contribution in [-0.2, 0) is 16.1 Å². The molecule has 0 atom stereocenters. The molecule has 0 aliphatic carbocycles. The van der Waals surface area contributed by atoms with Crippen molar-refractivity contribution in [3.05, 3.63) is 41.3 Å². The summed E-state index contributed by atoms with van der Waals surface area (Å²) in [5.74, 6) is -0.260. The van der Waals surface area contributed by atoms with Gasteiger partial charge in [-0.25, -0.2) is 0 Å². The van der Waals surface area contributed by atoms with E-state index in [4.69, 9.17) is 10.5 Å². The van der Waals surface area contributed by atoms with Crippen molar-refractivity contribution >= 4 is 23.0 Å². The second kappa shape index (κ2) is 5.01. The average molecular weight is 247 g/mol. The lowest BCUT2D eigenvalue weighted by Crippen LogP contribution is -1.96. The van der Waals surface area contributed by atoms with E-state index in [0.717, 1.165) is 21.0 Å². The van der Waals surface area contributed by atoms with Crippen LogP contribution in [0.2, 0.25) is 0 Å². The van der Waals surface area contributed by atoms with Crippen LogP contribution in [0.4, 0.5) is 5.69 Å². The van der Waals surface area contributed by atoms with Crippen LogP contribution in [0.5, 0.6) is 0 Å². The average Bonchev–Trinajstić information content (AvgIpc) is 2.75. The number of hydrogen-bond donors (Lipinski definition) is 1. The standard InChI is InChI=1S/C13H13NO2S/c1-9(15)16-8-12-5-6-13(17-12)10-3-2-4-11(14)7-10/h2-7H,8,14H2,1H3. The molecule has 0 saturated heterocycles. The van der Waals surface area contributed by atoms with E-state index < -0.39 is 0 Å². The molecule has 0 bridgehead atoms. The zero-order valence-electron chi connectivity index (χ0n) is 9.47. The highest BCUT2D eigenvalue weighted by Gasteiger charge is 2.04. The summed E-state index contributed by atoms with van der Waals surface area (Å²) < 4.78 is 4.95. The molecule has 2 aromatic rings. The second-order valence-corrected chi connectivity index (χ2v) is 4.84. The van der Waals surface area contributed by atoms with Crippen LogP contribution >= 0.6 is 11.3 Å². The molecule has 3 nitrogen and oxygen atoms in total. The summed E-state index contributed by atoms with van der Waals surface area (Å²) >= 11 is 1.60. The van der Waals surface area contributed by atoms with Gasteiger partial charge in [-0.15, -0.1) is 11.3 Å². The zero-order chi connectivity index (χ0) is 12.3. The van der Waals surface area contributed by atoms with Gasteiger partial charge >= 0.3 is 5.97 Å². The Hall–Kier alpha value is -1.81. The molecular formula is C13H13NO2S. The first kappa shape index (κ1) is 11.7. The number of ether oxygens (including phenoxy) is 1. The maximum Gasteiger partial charge on any atom is 0.302 e. The molecule has 1 aromatic carbocycles. The largest absolute Gasteiger partial charge is 0.460 e. The fourth-order valence-electron chi connectivity index (χ4n) is 1.48. The van der Waals surface area contributed by atoms with E-state index in [2.05, 4.69) is 0 Å². The van der Waals surface area contributed by atoms with Crippen molar-refractivity contribution in [3.63, 3.8) is 0 Å². The lowest BCUT2D eigenvalue weighted by Gasteiger charge is -1.99. The Morgan fingerprint density at radius 3 is 2.88 bits per heavy atom. The van der Waals surface area contributed by atoms with E-state index in [9.17, 15) is 4.79 Å². The highest BCUT2D eigenvalue weighted by atomic mass is 32.1. The van der Waals surface area contributed by atoms with Gasteiger partial charge in [0.05, 0.1) is 0 Å². The van der Waals surface area contributed by atoms with E-state index in [0.29, 0.717) is 6.61 Å². The van der Waals surface area contributed by atoms with Crippen LogP contribution < -0.4 is 5.73 Å². The fourth-order valence-corrected chi connectivity index (χ4v) is 2.39. The summed E-state index contributed by atoms with van der Waals surface area (Å²) in [6.45, 7) is 1.74. The van der Waals surface area contributed by atoms with E-state index in [1.807, 2.05) is 36.4 Å². The first-order valence-corrected chi connectivity index (χ1v) is 6.05. The number of rotatable bonds is 3. The summed E-state index contributed by atoms with van der Waals surface area (Å²) in [5, 5.41) is 0. The Kier molecular flexibility index (Phi) is 3.44.